The Bertz CT molecular complexity index is 432. The van der Waals surface area contributed by atoms with Crippen LogP contribution in [0.15, 0.2) is 6.07 Å². The van der Waals surface area contributed by atoms with Gasteiger partial charge in [0.25, 0.3) is 0 Å². The lowest BCUT2D eigenvalue weighted by atomic mass is 10.1. The average molecular weight is 278 g/mol. The van der Waals surface area contributed by atoms with Crippen LogP contribution in [-0.4, -0.2) is 29.2 Å². The van der Waals surface area contributed by atoms with Gasteiger partial charge in [-0.25, -0.2) is 9.97 Å². The number of anilines is 2. The SMILES string of the molecule is CCOCc1nc(N)cc(N(CCC(C)C)C2CC2)n1. The Kier molecular flexibility index (Phi) is 5.17. The molecule has 1 aromatic heterocycles. The van der Waals surface area contributed by atoms with Gasteiger partial charge in [0.05, 0.1) is 0 Å². The fourth-order valence-electron chi connectivity index (χ4n) is 2.18. The Balaban J connectivity index is 2.12. The average Bonchev–Trinajstić information content (AvgIpc) is 3.20. The van der Waals surface area contributed by atoms with Crippen LogP contribution in [0.2, 0.25) is 0 Å². The van der Waals surface area contributed by atoms with Gasteiger partial charge in [-0.15, -0.1) is 0 Å². The van der Waals surface area contributed by atoms with Gasteiger partial charge in [-0.1, -0.05) is 13.8 Å². The second kappa shape index (κ2) is 6.88. The third-order valence-corrected chi connectivity index (χ3v) is 3.44. The van der Waals surface area contributed by atoms with E-state index < -0.39 is 0 Å². The fraction of sp³-hybridized carbons (Fsp3) is 0.733. The van der Waals surface area contributed by atoms with Gasteiger partial charge in [0.15, 0.2) is 5.82 Å². The molecule has 0 radical (unpaired) electrons. The Morgan fingerprint density at radius 1 is 1.40 bits per heavy atom. The molecule has 0 spiro atoms. The van der Waals surface area contributed by atoms with E-state index in [2.05, 4.69) is 28.7 Å². The maximum atomic E-state index is 5.91. The number of nitrogens with zero attached hydrogens (tertiary/aromatic N) is 3. The van der Waals surface area contributed by atoms with Crippen LogP contribution in [0.25, 0.3) is 0 Å². The van der Waals surface area contributed by atoms with E-state index in [4.69, 9.17) is 10.5 Å². The summed E-state index contributed by atoms with van der Waals surface area (Å²) < 4.78 is 5.38. The van der Waals surface area contributed by atoms with E-state index in [0.29, 0.717) is 36.8 Å². The standard InChI is InChI=1S/C15H26N4O/c1-4-20-10-14-17-13(16)9-15(18-14)19(12-5-6-12)8-7-11(2)3/h9,11-12H,4-8,10H2,1-3H3,(H2,16,17,18). The molecule has 0 saturated heterocycles. The van der Waals surface area contributed by atoms with Crippen molar-refractivity contribution in [2.24, 2.45) is 5.92 Å². The van der Waals surface area contributed by atoms with Crippen molar-refractivity contribution >= 4 is 11.6 Å². The normalized spacial score (nSPS) is 14.8. The highest BCUT2D eigenvalue weighted by Crippen LogP contribution is 2.31. The molecule has 0 unspecified atom stereocenters. The molecule has 0 atom stereocenters. The predicted molar refractivity (Wildman–Crippen MR) is 81.6 cm³/mol. The van der Waals surface area contributed by atoms with Crippen LogP contribution in [0.3, 0.4) is 0 Å². The van der Waals surface area contributed by atoms with Gasteiger partial charge in [0.2, 0.25) is 0 Å². The zero-order valence-electron chi connectivity index (χ0n) is 12.8. The number of hydrogen-bond acceptors (Lipinski definition) is 5. The molecule has 0 bridgehead atoms. The molecule has 112 valence electrons. The third-order valence-electron chi connectivity index (χ3n) is 3.44. The van der Waals surface area contributed by atoms with E-state index in [1.165, 1.54) is 19.3 Å². The highest BCUT2D eigenvalue weighted by atomic mass is 16.5. The zero-order valence-corrected chi connectivity index (χ0v) is 12.8. The van der Waals surface area contributed by atoms with Gasteiger partial charge in [-0.3, -0.25) is 0 Å². The lowest BCUT2D eigenvalue weighted by Crippen LogP contribution is -2.29. The van der Waals surface area contributed by atoms with Gasteiger partial charge < -0.3 is 15.4 Å². The van der Waals surface area contributed by atoms with Gasteiger partial charge in [-0.2, -0.15) is 0 Å². The van der Waals surface area contributed by atoms with Crippen molar-refractivity contribution in [3.05, 3.63) is 11.9 Å². The van der Waals surface area contributed by atoms with Crippen LogP contribution in [0.4, 0.5) is 11.6 Å². The maximum Gasteiger partial charge on any atom is 0.158 e. The highest BCUT2D eigenvalue weighted by molar-refractivity contribution is 5.48. The first-order valence-electron chi connectivity index (χ1n) is 7.58. The number of nitrogen functional groups attached to an aromatic ring is 1. The molecule has 5 nitrogen and oxygen atoms in total. The smallest absolute Gasteiger partial charge is 0.158 e. The topological polar surface area (TPSA) is 64.3 Å². The first-order valence-corrected chi connectivity index (χ1v) is 7.58. The molecular formula is C15H26N4O. The monoisotopic (exact) mass is 278 g/mol. The summed E-state index contributed by atoms with van der Waals surface area (Å²) in [6, 6.07) is 2.51. The molecule has 2 rings (SSSR count). The van der Waals surface area contributed by atoms with E-state index in [1.54, 1.807) is 0 Å². The van der Waals surface area contributed by atoms with E-state index in [0.717, 1.165) is 12.4 Å². The minimum Gasteiger partial charge on any atom is -0.384 e. The summed E-state index contributed by atoms with van der Waals surface area (Å²) >= 11 is 0. The molecule has 1 fully saturated rings. The third kappa shape index (κ3) is 4.34. The van der Waals surface area contributed by atoms with Crippen molar-refractivity contribution in [2.75, 3.05) is 23.8 Å². The summed E-state index contributed by atoms with van der Waals surface area (Å²) in [4.78, 5) is 11.2. The molecule has 20 heavy (non-hydrogen) atoms. The molecule has 1 aliphatic rings. The molecule has 2 N–H and O–H groups in total. The molecule has 1 aliphatic carbocycles. The molecule has 0 amide bonds. The number of rotatable bonds is 8. The number of hydrogen-bond donors (Lipinski definition) is 1. The van der Waals surface area contributed by atoms with Gasteiger partial charge >= 0.3 is 0 Å². The summed E-state index contributed by atoms with van der Waals surface area (Å²) in [7, 11) is 0. The summed E-state index contributed by atoms with van der Waals surface area (Å²) in [5.74, 6) is 2.85. The van der Waals surface area contributed by atoms with Crippen molar-refractivity contribution in [2.45, 2.75) is 52.7 Å². The molecule has 1 heterocycles. The van der Waals surface area contributed by atoms with Crippen LogP contribution >= 0.6 is 0 Å². The second-order valence-electron chi connectivity index (χ2n) is 5.81. The van der Waals surface area contributed by atoms with Crippen molar-refractivity contribution in [1.82, 2.24) is 9.97 Å². The minimum absolute atomic E-state index is 0.428. The molecular weight excluding hydrogens is 252 g/mol. The van der Waals surface area contributed by atoms with E-state index >= 15 is 0 Å². The second-order valence-corrected chi connectivity index (χ2v) is 5.81. The quantitative estimate of drug-likeness (QED) is 0.792. The fourth-order valence-corrected chi connectivity index (χ4v) is 2.18. The molecule has 1 saturated carbocycles. The number of aromatic nitrogens is 2. The lowest BCUT2D eigenvalue weighted by molar-refractivity contribution is 0.128. The number of nitrogens with two attached hydrogens (primary N) is 1. The van der Waals surface area contributed by atoms with Gasteiger partial charge in [-0.05, 0) is 32.1 Å². The molecule has 5 heteroatoms. The summed E-state index contributed by atoms with van der Waals surface area (Å²) in [6.07, 6.45) is 3.67. The van der Waals surface area contributed by atoms with Crippen LogP contribution in [0.1, 0.15) is 45.9 Å². The van der Waals surface area contributed by atoms with Crippen molar-refractivity contribution in [1.29, 1.82) is 0 Å². The first-order chi connectivity index (χ1) is 9.60. The van der Waals surface area contributed by atoms with E-state index in [-0.39, 0.29) is 0 Å². The first kappa shape index (κ1) is 15.0. The van der Waals surface area contributed by atoms with Gasteiger partial charge in [0, 0.05) is 25.3 Å². The van der Waals surface area contributed by atoms with Crippen LogP contribution in [0, 0.1) is 5.92 Å². The predicted octanol–water partition coefficient (Wildman–Crippen LogP) is 2.61. The van der Waals surface area contributed by atoms with Crippen molar-refractivity contribution in [3.8, 4) is 0 Å². The summed E-state index contributed by atoms with van der Waals surface area (Å²) in [5, 5.41) is 0. The van der Waals surface area contributed by atoms with Crippen LogP contribution in [-0.2, 0) is 11.3 Å². The maximum absolute atomic E-state index is 5.91. The summed E-state index contributed by atoms with van der Waals surface area (Å²) in [6.45, 7) is 8.59. The summed E-state index contributed by atoms with van der Waals surface area (Å²) in [5.41, 5.74) is 5.91. The highest BCUT2D eigenvalue weighted by Gasteiger charge is 2.30. The Labute approximate surface area is 121 Å². The Hall–Kier alpha value is -1.36. The number of ether oxygens (including phenoxy) is 1. The molecule has 0 aromatic carbocycles. The lowest BCUT2D eigenvalue weighted by Gasteiger charge is -2.25. The van der Waals surface area contributed by atoms with E-state index in [1.807, 2.05) is 13.0 Å². The molecule has 0 aliphatic heterocycles. The van der Waals surface area contributed by atoms with E-state index in [9.17, 15) is 0 Å². The van der Waals surface area contributed by atoms with Crippen LogP contribution in [0.5, 0.6) is 0 Å². The zero-order chi connectivity index (χ0) is 14.5. The minimum atomic E-state index is 0.428. The van der Waals surface area contributed by atoms with Crippen molar-refractivity contribution in [3.63, 3.8) is 0 Å². The largest absolute Gasteiger partial charge is 0.384 e. The van der Waals surface area contributed by atoms with Crippen molar-refractivity contribution < 1.29 is 4.74 Å². The molecule has 1 aromatic rings. The Morgan fingerprint density at radius 3 is 2.75 bits per heavy atom. The van der Waals surface area contributed by atoms with Crippen LogP contribution < -0.4 is 10.6 Å². The van der Waals surface area contributed by atoms with Gasteiger partial charge in [0.1, 0.15) is 18.2 Å². The Morgan fingerprint density at radius 2 is 2.15 bits per heavy atom.